The molecule has 22 heavy (non-hydrogen) atoms. The lowest BCUT2D eigenvalue weighted by Crippen LogP contribution is -2.38. The average molecular weight is 299 g/mol. The van der Waals surface area contributed by atoms with E-state index in [1.165, 1.54) is 0 Å². The summed E-state index contributed by atoms with van der Waals surface area (Å²) in [6, 6.07) is 17.1. The predicted molar refractivity (Wildman–Crippen MR) is 86.2 cm³/mol. The van der Waals surface area contributed by atoms with E-state index in [2.05, 4.69) is 5.32 Å². The molecule has 0 bridgehead atoms. The zero-order chi connectivity index (χ0) is 15.8. The van der Waals surface area contributed by atoms with Crippen molar-refractivity contribution in [3.63, 3.8) is 0 Å². The molecule has 4 heteroatoms. The molecule has 1 atom stereocenters. The molecule has 2 rings (SSSR count). The molecule has 0 aromatic heterocycles. The van der Waals surface area contributed by atoms with Crippen LogP contribution in [0.2, 0.25) is 0 Å². The molecule has 0 saturated heterocycles. The third kappa shape index (κ3) is 4.81. The van der Waals surface area contributed by atoms with Gasteiger partial charge in [0.05, 0.1) is 6.54 Å². The Morgan fingerprint density at radius 1 is 1.09 bits per heavy atom. The highest BCUT2D eigenvalue weighted by atomic mass is 16.5. The van der Waals surface area contributed by atoms with Crippen molar-refractivity contribution >= 4 is 5.91 Å². The minimum absolute atomic E-state index is 0.155. The topological polar surface area (TPSA) is 47.6 Å². The second-order valence-corrected chi connectivity index (χ2v) is 4.98. The van der Waals surface area contributed by atoms with Gasteiger partial charge in [0.2, 0.25) is 0 Å². The van der Waals surface area contributed by atoms with Gasteiger partial charge in [-0.25, -0.2) is 0 Å². The first-order valence-corrected chi connectivity index (χ1v) is 7.34. The van der Waals surface area contributed by atoms with Crippen molar-refractivity contribution in [1.82, 2.24) is 5.32 Å². The molecule has 0 radical (unpaired) electrons. The fourth-order valence-electron chi connectivity index (χ4n) is 1.95. The number of ether oxygens (including phenoxy) is 2. The van der Waals surface area contributed by atoms with Gasteiger partial charge >= 0.3 is 0 Å². The highest BCUT2D eigenvalue weighted by molar-refractivity contribution is 5.80. The van der Waals surface area contributed by atoms with Gasteiger partial charge in [0.1, 0.15) is 18.1 Å². The Labute approximate surface area is 131 Å². The highest BCUT2D eigenvalue weighted by Gasteiger charge is 2.13. The maximum Gasteiger partial charge on any atom is 0.260 e. The summed E-state index contributed by atoms with van der Waals surface area (Å²) in [7, 11) is 0. The van der Waals surface area contributed by atoms with Crippen LogP contribution in [0.3, 0.4) is 0 Å². The van der Waals surface area contributed by atoms with Gasteiger partial charge in [-0.2, -0.15) is 0 Å². The Morgan fingerprint density at radius 2 is 1.77 bits per heavy atom. The minimum atomic E-state index is -0.541. The number of hydrogen-bond acceptors (Lipinski definition) is 3. The molecule has 1 unspecified atom stereocenters. The molecule has 1 N–H and O–H groups in total. The van der Waals surface area contributed by atoms with Crippen molar-refractivity contribution in [1.29, 1.82) is 0 Å². The Balaban J connectivity index is 1.70. The van der Waals surface area contributed by atoms with Crippen LogP contribution in [0.4, 0.5) is 0 Å². The van der Waals surface area contributed by atoms with E-state index >= 15 is 0 Å². The zero-order valence-electron chi connectivity index (χ0n) is 12.9. The first-order valence-electron chi connectivity index (χ1n) is 7.34. The Morgan fingerprint density at radius 3 is 2.50 bits per heavy atom. The number of nitrogens with one attached hydrogen (secondary N) is 1. The van der Waals surface area contributed by atoms with Crippen molar-refractivity contribution < 1.29 is 14.3 Å². The quantitative estimate of drug-likeness (QED) is 0.800. The molecule has 0 heterocycles. The normalized spacial score (nSPS) is 11.5. The number of para-hydroxylation sites is 2. The van der Waals surface area contributed by atoms with Crippen molar-refractivity contribution in [2.24, 2.45) is 0 Å². The minimum Gasteiger partial charge on any atom is -0.491 e. The van der Waals surface area contributed by atoms with E-state index < -0.39 is 6.10 Å². The van der Waals surface area contributed by atoms with Crippen molar-refractivity contribution in [3.8, 4) is 11.5 Å². The second kappa shape index (κ2) is 8.08. The summed E-state index contributed by atoms with van der Waals surface area (Å²) < 4.78 is 11.2. The maximum absolute atomic E-state index is 11.9. The number of carbonyl (C=O) groups is 1. The second-order valence-electron chi connectivity index (χ2n) is 4.98. The number of carbonyl (C=O) groups excluding carboxylic acids is 1. The van der Waals surface area contributed by atoms with E-state index in [1.54, 1.807) is 6.92 Å². The van der Waals surface area contributed by atoms with Crippen LogP contribution in [-0.2, 0) is 4.79 Å². The number of amides is 1. The van der Waals surface area contributed by atoms with Crippen LogP contribution in [0.15, 0.2) is 54.6 Å². The molecule has 0 aliphatic heterocycles. The van der Waals surface area contributed by atoms with Crippen LogP contribution >= 0.6 is 0 Å². The predicted octanol–water partition coefficient (Wildman–Crippen LogP) is 2.96. The van der Waals surface area contributed by atoms with Gasteiger partial charge in [0.25, 0.3) is 5.91 Å². The first-order chi connectivity index (χ1) is 10.7. The summed E-state index contributed by atoms with van der Waals surface area (Å²) in [6.45, 7) is 4.58. The molecule has 0 saturated carbocycles. The molecule has 1 amide bonds. The van der Waals surface area contributed by atoms with E-state index in [1.807, 2.05) is 61.5 Å². The van der Waals surface area contributed by atoms with Crippen molar-refractivity contribution in [3.05, 3.63) is 60.2 Å². The van der Waals surface area contributed by atoms with Gasteiger partial charge in [0.15, 0.2) is 6.10 Å². The molecule has 0 fully saturated rings. The largest absolute Gasteiger partial charge is 0.491 e. The molecule has 0 aliphatic carbocycles. The summed E-state index contributed by atoms with van der Waals surface area (Å²) in [4.78, 5) is 11.9. The van der Waals surface area contributed by atoms with Gasteiger partial charge in [-0.3, -0.25) is 4.79 Å². The van der Waals surface area contributed by atoms with Gasteiger partial charge in [0, 0.05) is 0 Å². The Kier molecular flexibility index (Phi) is 5.83. The molecule has 2 aromatic carbocycles. The smallest absolute Gasteiger partial charge is 0.260 e. The zero-order valence-corrected chi connectivity index (χ0v) is 12.9. The number of hydrogen-bond donors (Lipinski definition) is 1. The van der Waals surface area contributed by atoms with Crippen LogP contribution < -0.4 is 14.8 Å². The lowest BCUT2D eigenvalue weighted by atomic mass is 10.2. The average Bonchev–Trinajstić information content (AvgIpc) is 2.53. The molecule has 116 valence electrons. The SMILES string of the molecule is Cc1ccccc1OCCNC(=O)C(C)Oc1ccccc1. The first kappa shape index (κ1) is 15.9. The van der Waals surface area contributed by atoms with Crippen LogP contribution in [0.5, 0.6) is 11.5 Å². The monoisotopic (exact) mass is 299 g/mol. The fraction of sp³-hybridized carbons (Fsp3) is 0.278. The van der Waals surface area contributed by atoms with E-state index in [4.69, 9.17) is 9.47 Å². The Bertz CT molecular complexity index is 598. The van der Waals surface area contributed by atoms with Gasteiger partial charge < -0.3 is 14.8 Å². The van der Waals surface area contributed by atoms with Crippen LogP contribution in [-0.4, -0.2) is 25.2 Å². The van der Waals surface area contributed by atoms with E-state index in [-0.39, 0.29) is 5.91 Å². The number of aryl methyl sites for hydroxylation is 1. The summed E-state index contributed by atoms with van der Waals surface area (Å²) >= 11 is 0. The summed E-state index contributed by atoms with van der Waals surface area (Å²) in [5.74, 6) is 1.36. The standard InChI is InChI=1S/C18H21NO3/c1-14-8-6-7-11-17(14)21-13-12-19-18(20)15(2)22-16-9-4-3-5-10-16/h3-11,15H,12-13H2,1-2H3,(H,19,20). The molecular formula is C18H21NO3. The van der Waals surface area contributed by atoms with E-state index in [9.17, 15) is 4.79 Å². The van der Waals surface area contributed by atoms with Gasteiger partial charge in [-0.1, -0.05) is 36.4 Å². The van der Waals surface area contributed by atoms with Crippen LogP contribution in [0.25, 0.3) is 0 Å². The molecule has 2 aromatic rings. The third-order valence-corrected chi connectivity index (χ3v) is 3.18. The highest BCUT2D eigenvalue weighted by Crippen LogP contribution is 2.15. The lowest BCUT2D eigenvalue weighted by Gasteiger charge is -2.15. The Hall–Kier alpha value is -2.49. The van der Waals surface area contributed by atoms with Crippen LogP contribution in [0, 0.1) is 6.92 Å². The molecular weight excluding hydrogens is 278 g/mol. The van der Waals surface area contributed by atoms with E-state index in [0.717, 1.165) is 11.3 Å². The molecule has 4 nitrogen and oxygen atoms in total. The number of benzene rings is 2. The third-order valence-electron chi connectivity index (χ3n) is 3.18. The van der Waals surface area contributed by atoms with Gasteiger partial charge in [-0.05, 0) is 37.6 Å². The summed E-state index contributed by atoms with van der Waals surface area (Å²) in [5.41, 5.74) is 1.08. The van der Waals surface area contributed by atoms with Crippen LogP contribution in [0.1, 0.15) is 12.5 Å². The summed E-state index contributed by atoms with van der Waals surface area (Å²) in [6.07, 6.45) is -0.541. The number of rotatable bonds is 7. The van der Waals surface area contributed by atoms with Crippen molar-refractivity contribution in [2.45, 2.75) is 20.0 Å². The van der Waals surface area contributed by atoms with E-state index in [0.29, 0.717) is 18.9 Å². The molecule has 0 aliphatic rings. The van der Waals surface area contributed by atoms with Gasteiger partial charge in [-0.15, -0.1) is 0 Å². The van der Waals surface area contributed by atoms with Crippen molar-refractivity contribution in [2.75, 3.05) is 13.2 Å². The lowest BCUT2D eigenvalue weighted by molar-refractivity contribution is -0.127. The fourth-order valence-corrected chi connectivity index (χ4v) is 1.95. The maximum atomic E-state index is 11.9. The summed E-state index contributed by atoms with van der Waals surface area (Å²) in [5, 5.41) is 2.80. The molecule has 0 spiro atoms.